The molecule has 2 atom stereocenters. The van der Waals surface area contributed by atoms with Crippen molar-refractivity contribution in [3.63, 3.8) is 0 Å². The van der Waals surface area contributed by atoms with Crippen molar-refractivity contribution in [3.8, 4) is 6.19 Å². The molecule has 7 heteroatoms. The van der Waals surface area contributed by atoms with Crippen LogP contribution in [0.3, 0.4) is 0 Å². The number of hydrogen-bond donors (Lipinski definition) is 0. The van der Waals surface area contributed by atoms with Gasteiger partial charge in [-0.3, -0.25) is 4.98 Å². The molecule has 0 saturated carbocycles. The molecule has 0 radical (unpaired) electrons. The van der Waals surface area contributed by atoms with Crippen LogP contribution in [0.25, 0.3) is 0 Å². The van der Waals surface area contributed by atoms with Crippen LogP contribution in [-0.2, 0) is 16.9 Å². The number of hydrogen-bond acceptors (Lipinski definition) is 3. The van der Waals surface area contributed by atoms with Crippen molar-refractivity contribution >= 4 is 10.7 Å². The van der Waals surface area contributed by atoms with Gasteiger partial charge in [0.05, 0.1) is 0 Å². The molecule has 0 saturated heterocycles. The first-order chi connectivity index (χ1) is 9.27. The summed E-state index contributed by atoms with van der Waals surface area (Å²) < 4.78 is 40.5. The van der Waals surface area contributed by atoms with Crippen molar-refractivity contribution in [1.82, 2.24) is 4.98 Å². The zero-order chi connectivity index (χ0) is 15.8. The summed E-state index contributed by atoms with van der Waals surface area (Å²) in [7, 11) is -0.551. The van der Waals surface area contributed by atoms with E-state index in [0.717, 1.165) is 6.07 Å². The van der Waals surface area contributed by atoms with E-state index in [1.54, 1.807) is 19.4 Å². The summed E-state index contributed by atoms with van der Waals surface area (Å²) >= 11 is 0. The number of alkyl halides is 3. The van der Waals surface area contributed by atoms with Gasteiger partial charge in [-0.15, -0.1) is 0 Å². The van der Waals surface area contributed by atoms with E-state index in [9.17, 15) is 13.2 Å². The smallest absolute Gasteiger partial charge is 0.251 e. The molecule has 0 aromatic carbocycles. The molecular formula is C13H18F3N3S. The second kappa shape index (κ2) is 8.69. The average Bonchev–Trinajstić information content (AvgIpc) is 2.38. The van der Waals surface area contributed by atoms with Crippen LogP contribution in [0.2, 0.25) is 0 Å². The highest BCUT2D eigenvalue weighted by molar-refractivity contribution is 7.86. The molecule has 0 amide bonds. The van der Waals surface area contributed by atoms with Gasteiger partial charge < -0.3 is 0 Å². The van der Waals surface area contributed by atoms with Crippen LogP contribution in [-0.4, -0.2) is 11.2 Å². The van der Waals surface area contributed by atoms with Gasteiger partial charge in [-0.1, -0.05) is 37.0 Å². The lowest BCUT2D eigenvalue weighted by atomic mass is 10.2. The Morgan fingerprint density at radius 3 is 2.30 bits per heavy atom. The van der Waals surface area contributed by atoms with Gasteiger partial charge in [-0.05, 0) is 24.8 Å². The van der Waals surface area contributed by atoms with Crippen LogP contribution < -0.4 is 0 Å². The van der Waals surface area contributed by atoms with E-state index in [1.807, 2.05) is 0 Å². The number of aromatic nitrogens is 1. The van der Waals surface area contributed by atoms with Crippen molar-refractivity contribution in [2.24, 2.45) is 4.36 Å². The van der Waals surface area contributed by atoms with E-state index in [0.29, 0.717) is 5.56 Å². The van der Waals surface area contributed by atoms with Gasteiger partial charge in [-0.2, -0.15) is 22.8 Å². The molecule has 0 spiro atoms. The molecule has 0 aliphatic heterocycles. The summed E-state index contributed by atoms with van der Waals surface area (Å²) in [5.74, 6) is 0. The van der Waals surface area contributed by atoms with E-state index in [2.05, 4.69) is 23.2 Å². The Morgan fingerprint density at radius 2 is 1.95 bits per heavy atom. The molecule has 1 aromatic heterocycles. The Balaban J connectivity index is 0.00000110. The van der Waals surface area contributed by atoms with Crippen molar-refractivity contribution in [3.05, 3.63) is 29.6 Å². The van der Waals surface area contributed by atoms with Gasteiger partial charge in [0.1, 0.15) is 5.69 Å². The van der Waals surface area contributed by atoms with E-state index >= 15 is 0 Å². The first kappa shape index (κ1) is 18.6. The summed E-state index contributed by atoms with van der Waals surface area (Å²) in [6.07, 6.45) is 1.46. The maximum atomic E-state index is 12.3. The highest BCUT2D eigenvalue weighted by Gasteiger charge is 2.32. The Hall–Kier alpha value is -1.42. The lowest BCUT2D eigenvalue weighted by Crippen LogP contribution is -2.09. The third-order valence-electron chi connectivity index (χ3n) is 2.24. The van der Waals surface area contributed by atoms with Gasteiger partial charge >= 0.3 is 6.18 Å². The number of pyridine rings is 1. The second-order valence-electron chi connectivity index (χ2n) is 4.04. The Kier molecular flexibility index (Phi) is 8.07. The fraction of sp³-hybridized carbons (Fsp3) is 0.538. The van der Waals surface area contributed by atoms with E-state index in [-0.39, 0.29) is 5.25 Å². The molecule has 0 fully saturated rings. The van der Waals surface area contributed by atoms with Crippen molar-refractivity contribution in [1.29, 1.82) is 5.26 Å². The molecule has 1 heterocycles. The minimum absolute atomic E-state index is 0.121. The molecule has 2 unspecified atom stereocenters. The highest BCUT2D eigenvalue weighted by atomic mass is 32.2. The fourth-order valence-corrected chi connectivity index (χ4v) is 1.97. The second-order valence-corrected chi connectivity index (χ2v) is 5.98. The van der Waals surface area contributed by atoms with Crippen molar-refractivity contribution in [2.45, 2.75) is 38.6 Å². The van der Waals surface area contributed by atoms with Crippen LogP contribution in [0.5, 0.6) is 0 Å². The normalized spacial score (nSPS) is 13.9. The average molecular weight is 305 g/mol. The SMILES string of the molecule is CC(c1ccc(C(F)(F)F)nc1)S(C)=NC#N.CCC. The molecule has 0 N–H and O–H groups in total. The molecule has 1 rings (SSSR count). The molecule has 112 valence electrons. The fourth-order valence-electron chi connectivity index (χ4n) is 1.15. The molecule has 20 heavy (non-hydrogen) atoms. The Labute approximate surface area is 119 Å². The third-order valence-corrected chi connectivity index (χ3v) is 3.91. The lowest BCUT2D eigenvalue weighted by molar-refractivity contribution is -0.141. The summed E-state index contributed by atoms with van der Waals surface area (Å²) in [6, 6.07) is 2.31. The monoisotopic (exact) mass is 305 g/mol. The highest BCUT2D eigenvalue weighted by Crippen LogP contribution is 2.28. The van der Waals surface area contributed by atoms with Gasteiger partial charge in [0.15, 0.2) is 0 Å². The van der Waals surface area contributed by atoms with Gasteiger partial charge in [0, 0.05) is 11.4 Å². The molecule has 0 bridgehead atoms. The van der Waals surface area contributed by atoms with Crippen LogP contribution in [0.15, 0.2) is 22.7 Å². The molecule has 3 nitrogen and oxygen atoms in total. The number of nitriles is 1. The zero-order valence-corrected chi connectivity index (χ0v) is 12.7. The van der Waals surface area contributed by atoms with Gasteiger partial charge in [0.2, 0.25) is 6.19 Å². The Bertz CT molecular complexity index is 475. The van der Waals surface area contributed by atoms with Gasteiger partial charge in [-0.25, -0.2) is 0 Å². The predicted octanol–water partition coefficient (Wildman–Crippen LogP) is 4.49. The molecule has 0 aliphatic rings. The van der Waals surface area contributed by atoms with E-state index in [1.165, 1.54) is 18.7 Å². The molecule has 1 aromatic rings. The topological polar surface area (TPSA) is 49.0 Å². The van der Waals surface area contributed by atoms with E-state index < -0.39 is 22.6 Å². The minimum atomic E-state index is -4.42. The summed E-state index contributed by atoms with van der Waals surface area (Å²) in [6.45, 7) is 6.05. The Morgan fingerprint density at radius 1 is 1.40 bits per heavy atom. The van der Waals surface area contributed by atoms with Crippen molar-refractivity contribution < 1.29 is 13.2 Å². The minimum Gasteiger partial charge on any atom is -0.251 e. The van der Waals surface area contributed by atoms with Crippen LogP contribution in [0.1, 0.15) is 43.7 Å². The van der Waals surface area contributed by atoms with Gasteiger partial charge in [0.25, 0.3) is 0 Å². The molecular weight excluding hydrogens is 287 g/mol. The summed E-state index contributed by atoms with van der Waals surface area (Å²) in [5.41, 5.74) is -0.274. The first-order valence-electron chi connectivity index (χ1n) is 6.05. The number of halogens is 3. The van der Waals surface area contributed by atoms with Crippen LogP contribution in [0, 0.1) is 11.5 Å². The third kappa shape index (κ3) is 6.15. The summed E-state index contributed by atoms with van der Waals surface area (Å²) in [4.78, 5) is 3.37. The van der Waals surface area contributed by atoms with E-state index in [4.69, 9.17) is 5.26 Å². The first-order valence-corrected chi connectivity index (χ1v) is 7.71. The number of nitrogens with zero attached hydrogens (tertiary/aromatic N) is 3. The largest absolute Gasteiger partial charge is 0.433 e. The maximum Gasteiger partial charge on any atom is 0.433 e. The summed E-state index contributed by atoms with van der Waals surface area (Å²) in [5, 5.41) is 8.29. The molecule has 0 aliphatic carbocycles. The lowest BCUT2D eigenvalue weighted by Gasteiger charge is -2.12. The predicted molar refractivity (Wildman–Crippen MR) is 74.9 cm³/mol. The standard InChI is InChI=1S/C10H10F3N3S.C3H8/c1-7(17(2)16-6-14)8-3-4-9(15-5-8)10(11,12)13;1-3-2/h3-5,7H,1-2H3;3H2,1-2H3. The quantitative estimate of drug-likeness (QED) is 0.756. The maximum absolute atomic E-state index is 12.3. The van der Waals surface area contributed by atoms with Crippen molar-refractivity contribution in [2.75, 3.05) is 6.26 Å². The zero-order valence-electron chi connectivity index (χ0n) is 11.9. The van der Waals surface area contributed by atoms with Crippen LogP contribution in [0.4, 0.5) is 13.2 Å². The van der Waals surface area contributed by atoms with Crippen LogP contribution >= 0.6 is 0 Å². The number of rotatable bonds is 2.